The normalized spacial score (nSPS) is 17.6. The molecule has 2 aromatic rings. The standard InChI is InChI=1S/C23H24N2O5/c1-24-9-11-25(12-10-24)22(26)15-29-18-7-8-19-20(14-18)30-21(23(19)27)13-16-3-5-17(28-2)6-4-16/h3-8,13-14H,9-12,15H2,1-2H3. The number of methoxy groups -OCH3 is 1. The van der Waals surface area contributed by atoms with Gasteiger partial charge in [0.05, 0.1) is 12.7 Å². The Balaban J connectivity index is 1.40. The zero-order chi connectivity index (χ0) is 21.1. The summed E-state index contributed by atoms with van der Waals surface area (Å²) >= 11 is 0. The van der Waals surface area contributed by atoms with Crippen LogP contribution in [0.1, 0.15) is 15.9 Å². The Morgan fingerprint density at radius 1 is 1.07 bits per heavy atom. The largest absolute Gasteiger partial charge is 0.497 e. The van der Waals surface area contributed by atoms with E-state index < -0.39 is 0 Å². The Bertz CT molecular complexity index is 976. The molecule has 7 heteroatoms. The van der Waals surface area contributed by atoms with Gasteiger partial charge >= 0.3 is 0 Å². The molecule has 0 bridgehead atoms. The topological polar surface area (TPSA) is 68.3 Å². The molecule has 4 rings (SSSR count). The van der Waals surface area contributed by atoms with Crippen molar-refractivity contribution < 1.29 is 23.8 Å². The summed E-state index contributed by atoms with van der Waals surface area (Å²) < 4.78 is 16.6. The Hall–Kier alpha value is -3.32. The Labute approximate surface area is 175 Å². The fourth-order valence-electron chi connectivity index (χ4n) is 3.40. The summed E-state index contributed by atoms with van der Waals surface area (Å²) in [6.07, 6.45) is 1.69. The van der Waals surface area contributed by atoms with Crippen LogP contribution in [0.4, 0.5) is 0 Å². The number of hydrogen-bond donors (Lipinski definition) is 0. The lowest BCUT2D eigenvalue weighted by Crippen LogP contribution is -2.48. The first-order chi connectivity index (χ1) is 14.5. The van der Waals surface area contributed by atoms with Crippen LogP contribution in [0.25, 0.3) is 6.08 Å². The van der Waals surface area contributed by atoms with Gasteiger partial charge in [0.25, 0.3) is 5.91 Å². The van der Waals surface area contributed by atoms with Crippen molar-refractivity contribution in [3.63, 3.8) is 0 Å². The molecule has 0 unspecified atom stereocenters. The van der Waals surface area contributed by atoms with Gasteiger partial charge in [0.1, 0.15) is 17.2 Å². The zero-order valence-electron chi connectivity index (χ0n) is 17.1. The molecule has 2 heterocycles. The van der Waals surface area contributed by atoms with Crippen molar-refractivity contribution in [2.75, 3.05) is 46.9 Å². The van der Waals surface area contributed by atoms with Crippen LogP contribution in [0.3, 0.4) is 0 Å². The maximum absolute atomic E-state index is 12.6. The van der Waals surface area contributed by atoms with Crippen LogP contribution < -0.4 is 14.2 Å². The predicted molar refractivity (Wildman–Crippen MR) is 112 cm³/mol. The summed E-state index contributed by atoms with van der Waals surface area (Å²) in [5, 5.41) is 0. The lowest BCUT2D eigenvalue weighted by atomic mass is 10.1. The third kappa shape index (κ3) is 4.31. The number of carbonyl (C=O) groups is 2. The quantitative estimate of drug-likeness (QED) is 0.708. The van der Waals surface area contributed by atoms with Gasteiger partial charge in [0, 0.05) is 32.2 Å². The third-order valence-electron chi connectivity index (χ3n) is 5.27. The summed E-state index contributed by atoms with van der Waals surface area (Å²) in [5.74, 6) is 1.70. The number of rotatable bonds is 5. The second kappa shape index (κ2) is 8.59. The fraction of sp³-hybridized carbons (Fsp3) is 0.304. The molecule has 0 atom stereocenters. The van der Waals surface area contributed by atoms with E-state index in [1.54, 1.807) is 31.4 Å². The van der Waals surface area contributed by atoms with Gasteiger partial charge in [-0.05, 0) is 43.0 Å². The monoisotopic (exact) mass is 408 g/mol. The number of allylic oxidation sites excluding steroid dienone is 1. The highest BCUT2D eigenvalue weighted by Gasteiger charge is 2.28. The molecule has 156 valence electrons. The summed E-state index contributed by atoms with van der Waals surface area (Å²) in [7, 11) is 3.65. The molecule has 1 saturated heterocycles. The van der Waals surface area contributed by atoms with Crippen LogP contribution in [-0.4, -0.2) is 68.4 Å². The zero-order valence-corrected chi connectivity index (χ0v) is 17.1. The number of hydrogen-bond acceptors (Lipinski definition) is 6. The van der Waals surface area contributed by atoms with E-state index in [0.29, 0.717) is 30.2 Å². The first-order valence-corrected chi connectivity index (χ1v) is 9.85. The van der Waals surface area contributed by atoms with Gasteiger partial charge in [-0.15, -0.1) is 0 Å². The number of benzene rings is 2. The van der Waals surface area contributed by atoms with Crippen molar-refractivity contribution in [1.29, 1.82) is 0 Å². The Morgan fingerprint density at radius 2 is 1.77 bits per heavy atom. The number of piperazine rings is 1. The molecule has 2 aliphatic rings. The van der Waals surface area contributed by atoms with E-state index in [-0.39, 0.29) is 24.1 Å². The number of nitrogens with zero attached hydrogens (tertiary/aromatic N) is 2. The van der Waals surface area contributed by atoms with Gasteiger partial charge in [-0.3, -0.25) is 9.59 Å². The second-order valence-corrected chi connectivity index (χ2v) is 7.34. The lowest BCUT2D eigenvalue weighted by molar-refractivity contribution is -0.134. The highest BCUT2D eigenvalue weighted by molar-refractivity contribution is 6.14. The van der Waals surface area contributed by atoms with E-state index in [0.717, 1.165) is 24.4 Å². The van der Waals surface area contributed by atoms with Crippen LogP contribution in [0.5, 0.6) is 17.2 Å². The van der Waals surface area contributed by atoms with Gasteiger partial charge in [0.15, 0.2) is 12.4 Å². The molecule has 0 aromatic heterocycles. The summed E-state index contributed by atoms with van der Waals surface area (Å²) in [5.41, 5.74) is 1.31. The molecule has 1 fully saturated rings. The van der Waals surface area contributed by atoms with Gasteiger partial charge < -0.3 is 24.0 Å². The molecule has 1 amide bonds. The number of fused-ring (bicyclic) bond motifs is 1. The fourth-order valence-corrected chi connectivity index (χ4v) is 3.40. The van der Waals surface area contributed by atoms with E-state index in [2.05, 4.69) is 4.90 Å². The number of amides is 1. The SMILES string of the molecule is COc1ccc(C=C2Oc3cc(OCC(=O)N4CCN(C)CC4)ccc3C2=O)cc1. The van der Waals surface area contributed by atoms with E-state index in [4.69, 9.17) is 14.2 Å². The van der Waals surface area contributed by atoms with Crippen molar-refractivity contribution in [3.8, 4) is 17.2 Å². The number of Topliss-reactive ketones (excluding diaryl/α,β-unsaturated/α-hetero) is 1. The minimum Gasteiger partial charge on any atom is -0.497 e. The minimum absolute atomic E-state index is 0.0367. The highest BCUT2D eigenvalue weighted by atomic mass is 16.5. The first-order valence-electron chi connectivity index (χ1n) is 9.85. The number of ether oxygens (including phenoxy) is 3. The average Bonchev–Trinajstić information content (AvgIpc) is 3.07. The molecule has 0 N–H and O–H groups in total. The Morgan fingerprint density at radius 3 is 2.47 bits per heavy atom. The number of ketones is 1. The third-order valence-corrected chi connectivity index (χ3v) is 5.27. The van der Waals surface area contributed by atoms with E-state index >= 15 is 0 Å². The number of carbonyl (C=O) groups excluding carboxylic acids is 2. The van der Waals surface area contributed by atoms with Gasteiger partial charge in [-0.1, -0.05) is 12.1 Å². The highest BCUT2D eigenvalue weighted by Crippen LogP contribution is 2.35. The van der Waals surface area contributed by atoms with Crippen molar-refractivity contribution >= 4 is 17.8 Å². The van der Waals surface area contributed by atoms with Gasteiger partial charge in [0.2, 0.25) is 5.78 Å². The summed E-state index contributed by atoms with van der Waals surface area (Å²) in [6.45, 7) is 3.11. The maximum Gasteiger partial charge on any atom is 0.260 e. The molecular formula is C23H24N2O5. The van der Waals surface area contributed by atoms with Crippen molar-refractivity contribution in [2.45, 2.75) is 0 Å². The van der Waals surface area contributed by atoms with E-state index in [1.807, 2.05) is 36.2 Å². The maximum atomic E-state index is 12.6. The van der Waals surface area contributed by atoms with Crippen LogP contribution in [0, 0.1) is 0 Å². The number of likely N-dealkylation sites (N-methyl/N-ethyl adjacent to an activating group) is 1. The molecule has 7 nitrogen and oxygen atoms in total. The van der Waals surface area contributed by atoms with Gasteiger partial charge in [-0.2, -0.15) is 0 Å². The van der Waals surface area contributed by atoms with Crippen LogP contribution >= 0.6 is 0 Å². The predicted octanol–water partition coefficient (Wildman–Crippen LogP) is 2.46. The van der Waals surface area contributed by atoms with E-state index in [1.165, 1.54) is 0 Å². The average molecular weight is 408 g/mol. The molecule has 2 aliphatic heterocycles. The van der Waals surface area contributed by atoms with Crippen molar-refractivity contribution in [3.05, 3.63) is 59.4 Å². The molecular weight excluding hydrogens is 384 g/mol. The van der Waals surface area contributed by atoms with Crippen LogP contribution in [0.2, 0.25) is 0 Å². The summed E-state index contributed by atoms with van der Waals surface area (Å²) in [6, 6.07) is 12.4. The second-order valence-electron chi connectivity index (χ2n) is 7.34. The molecule has 0 saturated carbocycles. The molecule has 30 heavy (non-hydrogen) atoms. The Kier molecular flexibility index (Phi) is 5.72. The molecule has 0 aliphatic carbocycles. The van der Waals surface area contributed by atoms with Crippen LogP contribution in [0.15, 0.2) is 48.2 Å². The molecule has 0 spiro atoms. The summed E-state index contributed by atoms with van der Waals surface area (Å²) in [4.78, 5) is 29.0. The lowest BCUT2D eigenvalue weighted by Gasteiger charge is -2.32. The molecule has 2 aromatic carbocycles. The van der Waals surface area contributed by atoms with Gasteiger partial charge in [-0.25, -0.2) is 0 Å². The first kappa shape index (κ1) is 20.0. The minimum atomic E-state index is -0.180. The van der Waals surface area contributed by atoms with Crippen molar-refractivity contribution in [2.24, 2.45) is 0 Å². The smallest absolute Gasteiger partial charge is 0.260 e. The molecule has 0 radical (unpaired) electrons. The van der Waals surface area contributed by atoms with E-state index in [9.17, 15) is 9.59 Å². The van der Waals surface area contributed by atoms with Crippen LogP contribution in [-0.2, 0) is 4.79 Å². The van der Waals surface area contributed by atoms with Crippen molar-refractivity contribution in [1.82, 2.24) is 9.80 Å².